The minimum absolute atomic E-state index is 0.114. The summed E-state index contributed by atoms with van der Waals surface area (Å²) < 4.78 is 10.8. The molecule has 8 heteroatoms. The highest BCUT2D eigenvalue weighted by molar-refractivity contribution is 6.36. The summed E-state index contributed by atoms with van der Waals surface area (Å²) >= 11 is 12.9. The number of hydrogen-bond donors (Lipinski definition) is 1. The highest BCUT2D eigenvalue weighted by Crippen LogP contribution is 2.33. The number of nitrogens with zero attached hydrogens (tertiary/aromatic N) is 1. The maximum atomic E-state index is 13.6. The number of nitrogens with one attached hydrogen (secondary N) is 1. The lowest BCUT2D eigenvalue weighted by molar-refractivity contribution is -0.141. The van der Waals surface area contributed by atoms with Crippen LogP contribution in [0.15, 0.2) is 66.7 Å². The first-order valence-corrected chi connectivity index (χ1v) is 12.1. The highest BCUT2D eigenvalue weighted by atomic mass is 35.5. The Hall–Kier alpha value is -3.22. The van der Waals surface area contributed by atoms with E-state index in [9.17, 15) is 9.59 Å². The van der Waals surface area contributed by atoms with Gasteiger partial charge >= 0.3 is 0 Å². The fourth-order valence-corrected chi connectivity index (χ4v) is 4.58. The molecule has 0 saturated heterocycles. The quantitative estimate of drug-likeness (QED) is 0.436. The van der Waals surface area contributed by atoms with Gasteiger partial charge in [-0.25, -0.2) is 0 Å². The van der Waals surface area contributed by atoms with Crippen molar-refractivity contribution in [1.29, 1.82) is 0 Å². The molecule has 0 radical (unpaired) electrons. The Balaban J connectivity index is 1.61. The summed E-state index contributed by atoms with van der Waals surface area (Å²) in [5.41, 5.74) is 2.49. The molecule has 0 fully saturated rings. The van der Waals surface area contributed by atoms with Crippen molar-refractivity contribution < 1.29 is 19.1 Å². The van der Waals surface area contributed by atoms with E-state index in [1.54, 1.807) is 30.1 Å². The molecule has 2 amide bonds. The van der Waals surface area contributed by atoms with Gasteiger partial charge in [0.05, 0.1) is 0 Å². The smallest absolute Gasteiger partial charge is 0.242 e. The predicted molar refractivity (Wildman–Crippen MR) is 136 cm³/mol. The van der Waals surface area contributed by atoms with Crippen molar-refractivity contribution >= 4 is 35.0 Å². The summed E-state index contributed by atoms with van der Waals surface area (Å²) in [5, 5.41) is 3.60. The lowest BCUT2D eigenvalue weighted by Crippen LogP contribution is -2.49. The number of amides is 2. The SMILES string of the molecule is CNC(=O)[C@@H](Cc1ccccc1)N(Cc1c(Cl)cccc1Cl)C(=O)CCc1ccc2c(c1)OCO2. The summed E-state index contributed by atoms with van der Waals surface area (Å²) in [6, 6.07) is 19.7. The molecule has 1 atom stereocenters. The van der Waals surface area contributed by atoms with Gasteiger partial charge in [0, 0.05) is 42.0 Å². The van der Waals surface area contributed by atoms with E-state index in [-0.39, 0.29) is 31.6 Å². The first kappa shape index (κ1) is 24.9. The van der Waals surface area contributed by atoms with Gasteiger partial charge in [-0.3, -0.25) is 9.59 Å². The molecular formula is C27H26Cl2N2O4. The molecule has 3 aromatic rings. The van der Waals surface area contributed by atoms with E-state index < -0.39 is 6.04 Å². The maximum Gasteiger partial charge on any atom is 0.242 e. The second-order valence-electron chi connectivity index (χ2n) is 8.23. The van der Waals surface area contributed by atoms with Gasteiger partial charge in [0.2, 0.25) is 18.6 Å². The second-order valence-corrected chi connectivity index (χ2v) is 9.04. The average Bonchev–Trinajstić information content (AvgIpc) is 3.34. The zero-order valence-electron chi connectivity index (χ0n) is 19.3. The summed E-state index contributed by atoms with van der Waals surface area (Å²) in [6.07, 6.45) is 1.04. The molecule has 0 aromatic heterocycles. The van der Waals surface area contributed by atoms with Crippen molar-refractivity contribution in [3.63, 3.8) is 0 Å². The van der Waals surface area contributed by atoms with Gasteiger partial charge in [-0.2, -0.15) is 0 Å². The molecule has 1 heterocycles. The van der Waals surface area contributed by atoms with Gasteiger partial charge < -0.3 is 19.7 Å². The van der Waals surface area contributed by atoms with Crippen LogP contribution >= 0.6 is 23.2 Å². The maximum absolute atomic E-state index is 13.6. The van der Waals surface area contributed by atoms with Crippen LogP contribution in [0, 0.1) is 0 Å². The lowest BCUT2D eigenvalue weighted by atomic mass is 10.0. The average molecular weight is 513 g/mol. The normalized spacial score (nSPS) is 12.8. The Bertz CT molecular complexity index is 1180. The minimum Gasteiger partial charge on any atom is -0.454 e. The lowest BCUT2D eigenvalue weighted by Gasteiger charge is -2.32. The largest absolute Gasteiger partial charge is 0.454 e. The number of carbonyl (C=O) groups is 2. The summed E-state index contributed by atoms with van der Waals surface area (Å²) in [4.78, 5) is 28.2. The van der Waals surface area contributed by atoms with Crippen molar-refractivity contribution in [1.82, 2.24) is 10.2 Å². The van der Waals surface area contributed by atoms with E-state index in [1.807, 2.05) is 48.5 Å². The third-order valence-corrected chi connectivity index (χ3v) is 6.68. The number of benzene rings is 3. The standard InChI is InChI=1S/C27H26Cl2N2O4/c1-30-27(33)23(14-18-6-3-2-4-7-18)31(16-20-21(28)8-5-9-22(20)29)26(32)13-11-19-10-12-24-25(15-19)35-17-34-24/h2-10,12,15,23H,11,13-14,16-17H2,1H3,(H,30,33)/t23-/m1/s1. The number of likely N-dealkylation sites (N-methyl/N-ethyl adjacent to an activating group) is 1. The van der Waals surface area contributed by atoms with Gasteiger partial charge in [-0.05, 0) is 41.8 Å². The van der Waals surface area contributed by atoms with Crippen LogP contribution in [0.25, 0.3) is 0 Å². The number of ether oxygens (including phenoxy) is 2. The predicted octanol–water partition coefficient (Wildman–Crippen LogP) is 5.04. The van der Waals surface area contributed by atoms with Gasteiger partial charge in [0.25, 0.3) is 0 Å². The van der Waals surface area contributed by atoms with Crippen LogP contribution in [0.1, 0.15) is 23.1 Å². The fraction of sp³-hybridized carbons (Fsp3) is 0.259. The molecule has 4 rings (SSSR count). The zero-order chi connectivity index (χ0) is 24.8. The highest BCUT2D eigenvalue weighted by Gasteiger charge is 2.30. The summed E-state index contributed by atoms with van der Waals surface area (Å²) in [6.45, 7) is 0.306. The molecule has 0 saturated carbocycles. The van der Waals surface area contributed by atoms with E-state index in [1.165, 1.54) is 0 Å². The third-order valence-electron chi connectivity index (χ3n) is 5.97. The monoisotopic (exact) mass is 512 g/mol. The van der Waals surface area contributed by atoms with Crippen LogP contribution in [0.5, 0.6) is 11.5 Å². The summed E-state index contributed by atoms with van der Waals surface area (Å²) in [7, 11) is 1.57. The second kappa shape index (κ2) is 11.5. The van der Waals surface area contributed by atoms with Crippen LogP contribution in [0.2, 0.25) is 10.0 Å². The van der Waals surface area contributed by atoms with Crippen molar-refractivity contribution in [3.05, 3.63) is 93.5 Å². The molecule has 0 aliphatic carbocycles. The van der Waals surface area contributed by atoms with Crippen LogP contribution in [-0.2, 0) is 29.0 Å². The van der Waals surface area contributed by atoms with Crippen molar-refractivity contribution in [2.24, 2.45) is 0 Å². The fourth-order valence-electron chi connectivity index (χ4n) is 4.07. The molecule has 1 N–H and O–H groups in total. The Morgan fingerprint density at radius 2 is 1.66 bits per heavy atom. The van der Waals surface area contributed by atoms with Crippen molar-refractivity contribution in [3.8, 4) is 11.5 Å². The molecule has 3 aromatic carbocycles. The van der Waals surface area contributed by atoms with Crippen LogP contribution in [0.4, 0.5) is 0 Å². The Morgan fingerprint density at radius 1 is 0.943 bits per heavy atom. The number of fused-ring (bicyclic) bond motifs is 1. The van der Waals surface area contributed by atoms with Gasteiger partial charge in [-0.1, -0.05) is 65.7 Å². The van der Waals surface area contributed by atoms with Gasteiger partial charge in [0.15, 0.2) is 11.5 Å². The first-order valence-electron chi connectivity index (χ1n) is 11.3. The first-order chi connectivity index (χ1) is 17.0. The van der Waals surface area contributed by atoms with E-state index in [0.717, 1.165) is 11.1 Å². The van der Waals surface area contributed by atoms with Crippen molar-refractivity contribution in [2.45, 2.75) is 31.8 Å². The molecule has 0 bridgehead atoms. The number of hydrogen-bond acceptors (Lipinski definition) is 4. The number of aryl methyl sites for hydroxylation is 1. The number of halogens is 2. The Kier molecular flexibility index (Phi) is 8.16. The van der Waals surface area contributed by atoms with Crippen LogP contribution in [0.3, 0.4) is 0 Å². The molecule has 6 nitrogen and oxygen atoms in total. The van der Waals surface area contributed by atoms with E-state index in [4.69, 9.17) is 32.7 Å². The van der Waals surface area contributed by atoms with Crippen LogP contribution in [-0.4, -0.2) is 36.6 Å². The third kappa shape index (κ3) is 6.08. The molecule has 182 valence electrons. The summed E-state index contributed by atoms with van der Waals surface area (Å²) in [5.74, 6) is 0.927. The minimum atomic E-state index is -0.737. The molecular weight excluding hydrogens is 487 g/mol. The van der Waals surface area contributed by atoms with Gasteiger partial charge in [0.1, 0.15) is 6.04 Å². The molecule has 0 spiro atoms. The molecule has 0 unspecified atom stereocenters. The number of carbonyl (C=O) groups excluding carboxylic acids is 2. The Morgan fingerprint density at radius 3 is 2.37 bits per heavy atom. The zero-order valence-corrected chi connectivity index (χ0v) is 20.8. The molecule has 35 heavy (non-hydrogen) atoms. The number of rotatable bonds is 9. The van der Waals surface area contributed by atoms with Crippen molar-refractivity contribution in [2.75, 3.05) is 13.8 Å². The molecule has 1 aliphatic heterocycles. The van der Waals surface area contributed by atoms with E-state index >= 15 is 0 Å². The Labute approximate surface area is 214 Å². The van der Waals surface area contributed by atoms with E-state index in [2.05, 4.69) is 5.32 Å². The van der Waals surface area contributed by atoms with E-state index in [0.29, 0.717) is 39.9 Å². The topological polar surface area (TPSA) is 67.9 Å². The molecule has 1 aliphatic rings. The van der Waals surface area contributed by atoms with Crippen LogP contribution < -0.4 is 14.8 Å². The van der Waals surface area contributed by atoms with Gasteiger partial charge in [-0.15, -0.1) is 0 Å².